The number of benzene rings is 1. The predicted octanol–water partition coefficient (Wildman–Crippen LogP) is 3.91. The molecule has 2 aromatic rings. The van der Waals surface area contributed by atoms with Gasteiger partial charge < -0.3 is 9.73 Å². The van der Waals surface area contributed by atoms with E-state index in [0.717, 1.165) is 12.1 Å². The first-order chi connectivity index (χ1) is 8.61. The van der Waals surface area contributed by atoms with E-state index in [1.807, 2.05) is 13.8 Å². The van der Waals surface area contributed by atoms with Crippen molar-refractivity contribution in [3.8, 4) is 11.3 Å². The molecule has 0 aliphatic rings. The first kappa shape index (κ1) is 13.2. The van der Waals surface area contributed by atoms with Gasteiger partial charge in [-0.2, -0.15) is 0 Å². The molecule has 5 heteroatoms. The molecule has 0 saturated carbocycles. The predicted molar refractivity (Wildman–Crippen MR) is 71.7 cm³/mol. The van der Waals surface area contributed by atoms with Crippen LogP contribution < -0.4 is 5.32 Å². The molecular weight excluding hydrogens is 299 g/mol. The highest BCUT2D eigenvalue weighted by atomic mass is 79.9. The average Bonchev–Trinajstić information content (AvgIpc) is 2.78. The van der Waals surface area contributed by atoms with Crippen LogP contribution in [0.1, 0.15) is 25.8 Å². The van der Waals surface area contributed by atoms with Crippen molar-refractivity contribution in [3.05, 3.63) is 40.6 Å². The second-order valence-corrected chi connectivity index (χ2v) is 4.82. The third-order valence-electron chi connectivity index (χ3n) is 2.60. The van der Waals surface area contributed by atoms with E-state index < -0.39 is 0 Å². The van der Waals surface area contributed by atoms with Crippen LogP contribution >= 0.6 is 15.9 Å². The Bertz CT molecular complexity index is 542. The molecule has 0 bridgehead atoms. The van der Waals surface area contributed by atoms with Gasteiger partial charge in [-0.1, -0.05) is 6.92 Å². The third kappa shape index (κ3) is 2.79. The number of nitrogens with one attached hydrogen (secondary N) is 1. The van der Waals surface area contributed by atoms with Crippen molar-refractivity contribution in [2.24, 2.45) is 0 Å². The summed E-state index contributed by atoms with van der Waals surface area (Å²) in [6, 6.07) is 4.53. The minimum atomic E-state index is -0.286. The summed E-state index contributed by atoms with van der Waals surface area (Å²) in [6.07, 6.45) is 1.65. The van der Waals surface area contributed by atoms with Gasteiger partial charge in [0.2, 0.25) is 5.89 Å². The Morgan fingerprint density at radius 1 is 1.50 bits per heavy atom. The van der Waals surface area contributed by atoms with Gasteiger partial charge in [-0.05, 0) is 47.6 Å². The van der Waals surface area contributed by atoms with Gasteiger partial charge in [0.15, 0.2) is 5.76 Å². The minimum absolute atomic E-state index is 0.0583. The molecular formula is C13H14BrFN2O. The van der Waals surface area contributed by atoms with Crippen molar-refractivity contribution in [1.82, 2.24) is 10.3 Å². The van der Waals surface area contributed by atoms with E-state index >= 15 is 0 Å². The van der Waals surface area contributed by atoms with E-state index in [1.54, 1.807) is 12.3 Å². The minimum Gasteiger partial charge on any atom is -0.439 e. The lowest BCUT2D eigenvalue weighted by Gasteiger charge is -2.07. The number of oxazole rings is 1. The summed E-state index contributed by atoms with van der Waals surface area (Å²) in [4.78, 5) is 4.23. The van der Waals surface area contributed by atoms with Gasteiger partial charge >= 0.3 is 0 Å². The van der Waals surface area contributed by atoms with E-state index in [4.69, 9.17) is 4.42 Å². The van der Waals surface area contributed by atoms with Gasteiger partial charge in [0.25, 0.3) is 0 Å². The van der Waals surface area contributed by atoms with Crippen LogP contribution in [0.2, 0.25) is 0 Å². The fraction of sp³-hybridized carbons (Fsp3) is 0.308. The molecule has 1 unspecified atom stereocenters. The summed E-state index contributed by atoms with van der Waals surface area (Å²) < 4.78 is 19.3. The van der Waals surface area contributed by atoms with Crippen molar-refractivity contribution in [2.45, 2.75) is 19.9 Å². The molecule has 0 aliphatic heterocycles. The molecule has 1 N–H and O–H groups in total. The largest absolute Gasteiger partial charge is 0.439 e. The van der Waals surface area contributed by atoms with Gasteiger partial charge in [-0.15, -0.1) is 0 Å². The van der Waals surface area contributed by atoms with E-state index in [1.165, 1.54) is 12.1 Å². The fourth-order valence-electron chi connectivity index (χ4n) is 1.70. The normalized spacial score (nSPS) is 12.7. The van der Waals surface area contributed by atoms with Crippen LogP contribution in [0.5, 0.6) is 0 Å². The smallest absolute Gasteiger partial charge is 0.211 e. The lowest BCUT2D eigenvalue weighted by molar-refractivity contribution is 0.429. The SMILES string of the molecule is CCNC(C)c1ncc(-c2ccc(F)cc2Br)o1. The molecule has 1 heterocycles. The van der Waals surface area contributed by atoms with Crippen molar-refractivity contribution in [3.63, 3.8) is 0 Å². The number of halogens is 2. The number of aromatic nitrogens is 1. The molecule has 1 aromatic heterocycles. The number of hydrogen-bond donors (Lipinski definition) is 1. The van der Waals surface area contributed by atoms with E-state index in [0.29, 0.717) is 16.1 Å². The van der Waals surface area contributed by atoms with Crippen molar-refractivity contribution in [1.29, 1.82) is 0 Å². The quantitative estimate of drug-likeness (QED) is 0.930. The molecule has 1 aromatic carbocycles. The van der Waals surface area contributed by atoms with Gasteiger partial charge in [0, 0.05) is 10.0 Å². The zero-order valence-corrected chi connectivity index (χ0v) is 11.8. The van der Waals surface area contributed by atoms with E-state index in [-0.39, 0.29) is 11.9 Å². The second-order valence-electron chi connectivity index (χ2n) is 3.97. The molecule has 2 rings (SSSR count). The lowest BCUT2D eigenvalue weighted by atomic mass is 10.2. The maximum atomic E-state index is 13.0. The molecule has 18 heavy (non-hydrogen) atoms. The molecule has 0 radical (unpaired) electrons. The Kier molecular flexibility index (Phi) is 4.14. The van der Waals surface area contributed by atoms with Crippen LogP contribution in [0.25, 0.3) is 11.3 Å². The van der Waals surface area contributed by atoms with Crippen LogP contribution in [-0.2, 0) is 0 Å². The first-order valence-electron chi connectivity index (χ1n) is 5.76. The van der Waals surface area contributed by atoms with Gasteiger partial charge in [-0.25, -0.2) is 9.37 Å². The second kappa shape index (κ2) is 5.63. The zero-order valence-electron chi connectivity index (χ0n) is 10.2. The van der Waals surface area contributed by atoms with Crippen molar-refractivity contribution >= 4 is 15.9 Å². The van der Waals surface area contributed by atoms with E-state index in [9.17, 15) is 4.39 Å². The highest BCUT2D eigenvalue weighted by Crippen LogP contribution is 2.30. The summed E-state index contributed by atoms with van der Waals surface area (Å²) in [5, 5.41) is 3.22. The number of nitrogens with zero attached hydrogens (tertiary/aromatic N) is 1. The Hall–Kier alpha value is -1.20. The van der Waals surface area contributed by atoms with Gasteiger partial charge in [-0.3, -0.25) is 0 Å². The summed E-state index contributed by atoms with van der Waals surface area (Å²) >= 11 is 3.32. The first-order valence-corrected chi connectivity index (χ1v) is 6.55. The maximum Gasteiger partial charge on any atom is 0.211 e. The molecule has 0 fully saturated rings. The lowest BCUT2D eigenvalue weighted by Crippen LogP contribution is -2.17. The molecule has 0 spiro atoms. The highest BCUT2D eigenvalue weighted by molar-refractivity contribution is 9.10. The topological polar surface area (TPSA) is 38.1 Å². The van der Waals surface area contributed by atoms with Crippen LogP contribution in [0.4, 0.5) is 4.39 Å². The Morgan fingerprint density at radius 2 is 2.28 bits per heavy atom. The third-order valence-corrected chi connectivity index (χ3v) is 3.26. The highest BCUT2D eigenvalue weighted by Gasteiger charge is 2.14. The molecule has 96 valence electrons. The van der Waals surface area contributed by atoms with Crippen LogP contribution in [0.3, 0.4) is 0 Å². The fourth-order valence-corrected chi connectivity index (χ4v) is 2.24. The maximum absolute atomic E-state index is 13.0. The Labute approximate surface area is 114 Å². The van der Waals surface area contributed by atoms with Crippen LogP contribution in [-0.4, -0.2) is 11.5 Å². The van der Waals surface area contributed by atoms with Gasteiger partial charge in [0.05, 0.1) is 12.2 Å². The van der Waals surface area contributed by atoms with Crippen molar-refractivity contribution < 1.29 is 8.81 Å². The Balaban J connectivity index is 2.29. The molecule has 0 aliphatic carbocycles. The molecule has 0 saturated heterocycles. The number of rotatable bonds is 4. The summed E-state index contributed by atoms with van der Waals surface area (Å²) in [5.41, 5.74) is 0.791. The Morgan fingerprint density at radius 3 is 2.94 bits per heavy atom. The van der Waals surface area contributed by atoms with Crippen LogP contribution in [0.15, 0.2) is 33.3 Å². The zero-order chi connectivity index (χ0) is 13.1. The summed E-state index contributed by atoms with van der Waals surface area (Å²) in [6.45, 7) is 4.86. The van der Waals surface area contributed by atoms with Crippen LogP contribution in [0, 0.1) is 5.82 Å². The van der Waals surface area contributed by atoms with E-state index in [2.05, 4.69) is 26.2 Å². The monoisotopic (exact) mass is 312 g/mol. The molecule has 0 amide bonds. The average molecular weight is 313 g/mol. The molecule has 1 atom stereocenters. The number of hydrogen-bond acceptors (Lipinski definition) is 3. The van der Waals surface area contributed by atoms with Gasteiger partial charge in [0.1, 0.15) is 5.82 Å². The van der Waals surface area contributed by atoms with Crippen molar-refractivity contribution in [2.75, 3.05) is 6.54 Å². The summed E-state index contributed by atoms with van der Waals surface area (Å²) in [5.74, 6) is 0.969. The standard InChI is InChI=1S/C13H14BrFN2O/c1-3-16-8(2)13-17-7-12(18-13)10-5-4-9(15)6-11(10)14/h4-8,16H,3H2,1-2H3. The summed E-state index contributed by atoms with van der Waals surface area (Å²) in [7, 11) is 0. The molecule has 3 nitrogen and oxygen atoms in total.